The minimum absolute atomic E-state index is 0.0494. The summed E-state index contributed by atoms with van der Waals surface area (Å²) in [5.41, 5.74) is 0.251. The van der Waals surface area contributed by atoms with Crippen LogP contribution in [-0.4, -0.2) is 18.0 Å². The third-order valence-electron chi connectivity index (χ3n) is 3.42. The fourth-order valence-corrected chi connectivity index (χ4v) is 2.48. The zero-order chi connectivity index (χ0) is 13.8. The van der Waals surface area contributed by atoms with Gasteiger partial charge in [0.25, 0.3) is 0 Å². The third-order valence-corrected chi connectivity index (χ3v) is 3.71. The van der Waals surface area contributed by atoms with E-state index in [0.717, 1.165) is 25.7 Å². The van der Waals surface area contributed by atoms with Crippen molar-refractivity contribution in [2.75, 3.05) is 5.32 Å². The van der Waals surface area contributed by atoms with Crippen LogP contribution in [0.4, 0.5) is 10.1 Å². The molecule has 0 aromatic heterocycles. The molecule has 1 unspecified atom stereocenters. The first-order chi connectivity index (χ1) is 9.08. The molecular weight excluding hydrogens is 267 g/mol. The molecule has 1 fully saturated rings. The Labute approximate surface area is 117 Å². The lowest BCUT2D eigenvalue weighted by Gasteiger charge is -2.19. The van der Waals surface area contributed by atoms with Crippen LogP contribution in [-0.2, 0) is 4.79 Å². The molecule has 2 rings (SSSR count). The Morgan fingerprint density at radius 2 is 2.11 bits per heavy atom. The molecule has 1 aromatic carbocycles. The van der Waals surface area contributed by atoms with Crippen molar-refractivity contribution in [1.82, 2.24) is 5.32 Å². The number of nitrogens with one attached hydrogen (secondary N) is 2. The molecule has 0 heterocycles. The maximum atomic E-state index is 13.7. The second-order valence-corrected chi connectivity index (χ2v) is 5.36. The summed E-state index contributed by atoms with van der Waals surface area (Å²) in [7, 11) is 0. The van der Waals surface area contributed by atoms with Crippen molar-refractivity contribution in [2.45, 2.75) is 44.7 Å². The van der Waals surface area contributed by atoms with E-state index in [1.54, 1.807) is 19.1 Å². The number of halogens is 2. The van der Waals surface area contributed by atoms with Crippen LogP contribution in [0, 0.1) is 5.82 Å². The molecule has 0 radical (unpaired) electrons. The number of amides is 1. The molecule has 1 aromatic rings. The second kappa shape index (κ2) is 6.24. The van der Waals surface area contributed by atoms with E-state index in [9.17, 15) is 9.18 Å². The van der Waals surface area contributed by atoms with Crippen LogP contribution in [0.3, 0.4) is 0 Å². The van der Waals surface area contributed by atoms with Crippen LogP contribution in [0.1, 0.15) is 32.6 Å². The topological polar surface area (TPSA) is 41.1 Å². The molecule has 1 aliphatic rings. The summed E-state index contributed by atoms with van der Waals surface area (Å²) in [6.07, 6.45) is 4.39. The third kappa shape index (κ3) is 3.60. The Hall–Kier alpha value is -1.29. The van der Waals surface area contributed by atoms with E-state index in [0.29, 0.717) is 0 Å². The molecular formula is C14H18ClFN2O. The predicted molar refractivity (Wildman–Crippen MR) is 74.9 cm³/mol. The Morgan fingerprint density at radius 3 is 2.79 bits per heavy atom. The maximum absolute atomic E-state index is 13.7. The second-order valence-electron chi connectivity index (χ2n) is 4.96. The smallest absolute Gasteiger partial charge is 0.242 e. The van der Waals surface area contributed by atoms with Gasteiger partial charge < -0.3 is 10.6 Å². The molecule has 5 heteroatoms. The molecule has 3 nitrogen and oxygen atoms in total. The predicted octanol–water partition coefficient (Wildman–Crippen LogP) is 3.34. The number of carbonyl (C=O) groups is 1. The van der Waals surface area contributed by atoms with Crippen LogP contribution in [0.15, 0.2) is 18.2 Å². The van der Waals surface area contributed by atoms with Gasteiger partial charge in [-0.25, -0.2) is 4.39 Å². The van der Waals surface area contributed by atoms with Crippen LogP contribution in [0.2, 0.25) is 5.02 Å². The van der Waals surface area contributed by atoms with Gasteiger partial charge in [-0.2, -0.15) is 0 Å². The number of carbonyl (C=O) groups excluding carboxylic acids is 1. The highest BCUT2D eigenvalue weighted by atomic mass is 35.5. The van der Waals surface area contributed by atoms with Gasteiger partial charge in [-0.3, -0.25) is 4.79 Å². The molecule has 0 bridgehead atoms. The highest BCUT2D eigenvalue weighted by Crippen LogP contribution is 2.23. The van der Waals surface area contributed by atoms with Gasteiger partial charge in [0.2, 0.25) is 5.91 Å². The minimum Gasteiger partial charge on any atom is -0.371 e. The monoisotopic (exact) mass is 284 g/mol. The van der Waals surface area contributed by atoms with Crippen molar-refractivity contribution in [3.05, 3.63) is 29.0 Å². The van der Waals surface area contributed by atoms with Gasteiger partial charge in [-0.05, 0) is 31.9 Å². The normalized spacial score (nSPS) is 17.2. The van der Waals surface area contributed by atoms with Crippen LogP contribution in [0.5, 0.6) is 0 Å². The van der Waals surface area contributed by atoms with Crippen LogP contribution in [0.25, 0.3) is 0 Å². The molecule has 104 valence electrons. The summed E-state index contributed by atoms with van der Waals surface area (Å²) in [4.78, 5) is 12.0. The lowest BCUT2D eigenvalue weighted by atomic mass is 10.2. The SMILES string of the molecule is CC(Nc1cccc(Cl)c1F)C(=O)NC1CCCC1. The molecule has 0 spiro atoms. The highest BCUT2D eigenvalue weighted by molar-refractivity contribution is 6.31. The van der Waals surface area contributed by atoms with Gasteiger partial charge in [-0.1, -0.05) is 30.5 Å². The van der Waals surface area contributed by atoms with E-state index in [-0.39, 0.29) is 22.7 Å². The molecule has 1 amide bonds. The van der Waals surface area contributed by atoms with E-state index in [1.165, 1.54) is 6.07 Å². The Bertz CT molecular complexity index is 461. The number of benzene rings is 1. The zero-order valence-corrected chi connectivity index (χ0v) is 11.6. The van der Waals surface area contributed by atoms with Crippen LogP contribution >= 0.6 is 11.6 Å². The van der Waals surface area contributed by atoms with E-state index in [2.05, 4.69) is 10.6 Å². The van der Waals surface area contributed by atoms with E-state index in [1.807, 2.05) is 0 Å². The van der Waals surface area contributed by atoms with Gasteiger partial charge in [0.15, 0.2) is 5.82 Å². The first kappa shape index (κ1) is 14.1. The summed E-state index contributed by atoms with van der Waals surface area (Å²) in [6.45, 7) is 1.71. The van der Waals surface area contributed by atoms with Gasteiger partial charge in [0.05, 0.1) is 10.7 Å². The zero-order valence-electron chi connectivity index (χ0n) is 10.9. The molecule has 1 aliphatic carbocycles. The first-order valence-corrected chi connectivity index (χ1v) is 6.96. The number of hydrogen-bond donors (Lipinski definition) is 2. The standard InChI is InChI=1S/C14H18ClFN2O/c1-9(14(19)18-10-5-2-3-6-10)17-12-8-4-7-11(15)13(12)16/h4,7-10,17H,2-3,5-6H2,1H3,(H,18,19). The summed E-state index contributed by atoms with van der Waals surface area (Å²) in [5, 5.41) is 5.88. The fourth-order valence-electron chi connectivity index (χ4n) is 2.31. The summed E-state index contributed by atoms with van der Waals surface area (Å²) >= 11 is 5.70. The Balaban J connectivity index is 1.94. The summed E-state index contributed by atoms with van der Waals surface area (Å²) in [5.74, 6) is -0.629. The number of rotatable bonds is 4. The number of hydrogen-bond acceptors (Lipinski definition) is 2. The fraction of sp³-hybridized carbons (Fsp3) is 0.500. The Morgan fingerprint density at radius 1 is 1.42 bits per heavy atom. The number of anilines is 1. The Kier molecular flexibility index (Phi) is 4.64. The molecule has 1 saturated carbocycles. The summed E-state index contributed by atoms with van der Waals surface area (Å²) < 4.78 is 13.7. The van der Waals surface area contributed by atoms with Crippen molar-refractivity contribution in [2.24, 2.45) is 0 Å². The average Bonchev–Trinajstić information content (AvgIpc) is 2.87. The molecule has 2 N–H and O–H groups in total. The minimum atomic E-state index is -0.523. The molecule has 1 atom stereocenters. The van der Waals surface area contributed by atoms with Gasteiger partial charge in [0, 0.05) is 6.04 Å². The lowest BCUT2D eigenvalue weighted by Crippen LogP contribution is -2.42. The van der Waals surface area contributed by atoms with Crippen molar-refractivity contribution < 1.29 is 9.18 Å². The van der Waals surface area contributed by atoms with E-state index >= 15 is 0 Å². The van der Waals surface area contributed by atoms with Gasteiger partial charge >= 0.3 is 0 Å². The molecule has 0 saturated heterocycles. The van der Waals surface area contributed by atoms with Crippen molar-refractivity contribution in [3.63, 3.8) is 0 Å². The average molecular weight is 285 g/mol. The lowest BCUT2D eigenvalue weighted by molar-refractivity contribution is -0.122. The van der Waals surface area contributed by atoms with Crippen molar-refractivity contribution in [1.29, 1.82) is 0 Å². The van der Waals surface area contributed by atoms with E-state index < -0.39 is 11.9 Å². The van der Waals surface area contributed by atoms with Gasteiger partial charge in [0.1, 0.15) is 6.04 Å². The molecule has 0 aliphatic heterocycles. The molecule has 19 heavy (non-hydrogen) atoms. The quantitative estimate of drug-likeness (QED) is 0.890. The van der Waals surface area contributed by atoms with E-state index in [4.69, 9.17) is 11.6 Å². The maximum Gasteiger partial charge on any atom is 0.242 e. The first-order valence-electron chi connectivity index (χ1n) is 6.59. The van der Waals surface area contributed by atoms with Crippen molar-refractivity contribution in [3.8, 4) is 0 Å². The highest BCUT2D eigenvalue weighted by Gasteiger charge is 2.21. The summed E-state index contributed by atoms with van der Waals surface area (Å²) in [6, 6.07) is 4.47. The largest absolute Gasteiger partial charge is 0.371 e. The van der Waals surface area contributed by atoms with Crippen molar-refractivity contribution >= 4 is 23.2 Å². The van der Waals surface area contributed by atoms with Gasteiger partial charge in [-0.15, -0.1) is 0 Å². The van der Waals surface area contributed by atoms with Crippen LogP contribution < -0.4 is 10.6 Å².